The Bertz CT molecular complexity index is 2490. The van der Waals surface area contributed by atoms with Gasteiger partial charge in [-0.2, -0.15) is 9.29 Å². The zero-order valence-electron chi connectivity index (χ0n) is 32.2. The Labute approximate surface area is 339 Å². The summed E-state index contributed by atoms with van der Waals surface area (Å²) in [6.07, 6.45) is -5.94. The molecule has 0 radical (unpaired) electrons. The number of aromatic nitrogens is 8. The highest BCUT2D eigenvalue weighted by Gasteiger charge is 2.46. The number of aliphatic hydroxyl groups excluding tert-OH is 5. The van der Waals surface area contributed by atoms with Crippen LogP contribution in [0, 0.1) is 13.8 Å². The third kappa shape index (κ3) is 10.3. The predicted molar refractivity (Wildman–Crippen MR) is 208 cm³/mol. The van der Waals surface area contributed by atoms with Crippen LogP contribution in [0.5, 0.6) is 0 Å². The molecule has 1 fully saturated rings. The number of rotatable bonds is 20. The van der Waals surface area contributed by atoms with Crippen LogP contribution >= 0.6 is 15.6 Å². The highest BCUT2D eigenvalue weighted by molar-refractivity contribution is 7.61. The van der Waals surface area contributed by atoms with E-state index in [2.05, 4.69) is 39.1 Å². The van der Waals surface area contributed by atoms with Gasteiger partial charge in [-0.3, -0.25) is 23.4 Å². The molecule has 0 bridgehead atoms. The van der Waals surface area contributed by atoms with Gasteiger partial charge in [0, 0.05) is 6.54 Å². The van der Waals surface area contributed by atoms with Crippen LogP contribution in [0.25, 0.3) is 33.7 Å². The SMILES string of the molecule is Cc1cc2nc3c(=O)[nH]c(=O)nc-3n(CC(O)C(O)C(O)COP(=O)(O)OP(=O)(O)OCC3OC(n4cnc5c(NCCCCCCN)ncnc54)C(O)C3O)c2cc1C. The number of hydrogen-bond acceptors (Lipinski definition) is 20. The minimum absolute atomic E-state index is 0.234. The van der Waals surface area contributed by atoms with Gasteiger partial charge in [-0.1, -0.05) is 12.8 Å². The first kappa shape index (κ1) is 45.4. The molecule has 0 spiro atoms. The van der Waals surface area contributed by atoms with Crippen LogP contribution in [-0.4, -0.2) is 137 Å². The molecule has 0 aliphatic carbocycles. The summed E-state index contributed by atoms with van der Waals surface area (Å²) in [6, 6.07) is 3.31. The average Bonchev–Trinajstić information content (AvgIpc) is 3.74. The molecule has 1 saturated heterocycles. The van der Waals surface area contributed by atoms with Crippen LogP contribution in [0.1, 0.15) is 43.0 Å². The lowest BCUT2D eigenvalue weighted by Gasteiger charge is -2.26. The molecule has 0 saturated carbocycles. The van der Waals surface area contributed by atoms with Crippen LogP contribution in [0.15, 0.2) is 34.4 Å². The van der Waals surface area contributed by atoms with Crippen molar-refractivity contribution in [1.29, 1.82) is 0 Å². The molecule has 0 amide bonds. The van der Waals surface area contributed by atoms with Crippen molar-refractivity contribution in [2.75, 3.05) is 31.6 Å². The Morgan fingerprint density at radius 2 is 1.67 bits per heavy atom. The zero-order valence-corrected chi connectivity index (χ0v) is 34.0. The summed E-state index contributed by atoms with van der Waals surface area (Å²) in [5, 5.41) is 56.9. The van der Waals surface area contributed by atoms with Gasteiger partial charge < -0.3 is 55.7 Å². The smallest absolute Gasteiger partial charge is 0.388 e. The van der Waals surface area contributed by atoms with Gasteiger partial charge in [0.1, 0.15) is 43.0 Å². The Morgan fingerprint density at radius 3 is 2.42 bits per heavy atom. The van der Waals surface area contributed by atoms with Gasteiger partial charge in [-0.25, -0.2) is 33.9 Å². The molecule has 9 unspecified atom stereocenters. The molecule has 9 atom stereocenters. The molecule has 1 aromatic carbocycles. The van der Waals surface area contributed by atoms with Crippen LogP contribution in [0.3, 0.4) is 0 Å². The summed E-state index contributed by atoms with van der Waals surface area (Å²) >= 11 is 0. The molecule has 3 aliphatic heterocycles. The van der Waals surface area contributed by atoms with E-state index in [0.717, 1.165) is 36.8 Å². The van der Waals surface area contributed by atoms with E-state index in [4.69, 9.17) is 15.0 Å². The second-order valence-corrected chi connectivity index (χ2v) is 17.2. The van der Waals surface area contributed by atoms with Crippen LogP contribution in [0.4, 0.5) is 5.82 Å². The highest BCUT2D eigenvalue weighted by atomic mass is 31.3. The van der Waals surface area contributed by atoms with Crippen LogP contribution in [0.2, 0.25) is 0 Å². The van der Waals surface area contributed by atoms with Crippen LogP contribution in [-0.2, 0) is 33.8 Å². The maximum absolute atomic E-state index is 12.7. The van der Waals surface area contributed by atoms with E-state index in [9.17, 15) is 54.0 Å². The summed E-state index contributed by atoms with van der Waals surface area (Å²) in [7, 11) is -11.1. The maximum Gasteiger partial charge on any atom is 0.481 e. The molecule has 328 valence electrons. The van der Waals surface area contributed by atoms with Gasteiger partial charge in [0.05, 0.1) is 37.1 Å². The quantitative estimate of drug-likeness (QED) is 0.0252. The molecule has 2 aromatic heterocycles. The lowest BCUT2D eigenvalue weighted by atomic mass is 10.1. The lowest BCUT2D eigenvalue weighted by Crippen LogP contribution is -2.42. The highest BCUT2D eigenvalue weighted by Crippen LogP contribution is 2.60. The molecule has 3 aromatic rings. The number of benzene rings is 1. The minimum Gasteiger partial charge on any atom is -0.388 e. The number of anilines is 1. The van der Waals surface area contributed by atoms with Gasteiger partial charge in [-0.15, -0.1) is 0 Å². The Morgan fingerprint density at radius 1 is 0.950 bits per heavy atom. The van der Waals surface area contributed by atoms with Gasteiger partial charge >= 0.3 is 21.3 Å². The zero-order chi connectivity index (χ0) is 43.5. The largest absolute Gasteiger partial charge is 0.481 e. The first-order valence-corrected chi connectivity index (χ1v) is 21.6. The van der Waals surface area contributed by atoms with Crippen molar-refractivity contribution in [2.45, 2.75) is 88.9 Å². The molecule has 5 heterocycles. The van der Waals surface area contributed by atoms with Gasteiger partial charge in [0.15, 0.2) is 34.7 Å². The number of phosphoric ester groups is 2. The third-order valence-electron chi connectivity index (χ3n) is 9.79. The van der Waals surface area contributed by atoms with Crippen molar-refractivity contribution in [1.82, 2.24) is 39.0 Å². The summed E-state index contributed by atoms with van der Waals surface area (Å²) in [4.78, 5) is 67.9. The van der Waals surface area contributed by atoms with Crippen molar-refractivity contribution in [3.8, 4) is 11.5 Å². The number of hydrogen-bond donors (Lipinski definition) is 10. The number of phosphoric acid groups is 2. The summed E-state index contributed by atoms with van der Waals surface area (Å²) < 4.78 is 47.3. The van der Waals surface area contributed by atoms with E-state index in [-0.39, 0.29) is 22.7 Å². The summed E-state index contributed by atoms with van der Waals surface area (Å²) in [5.41, 5.74) is 6.16. The first-order valence-electron chi connectivity index (χ1n) is 18.6. The normalized spacial score (nSPS) is 21.9. The van der Waals surface area contributed by atoms with E-state index in [1.807, 2.05) is 4.98 Å². The van der Waals surface area contributed by atoms with Crippen molar-refractivity contribution in [3.05, 3.63) is 56.8 Å². The Hall–Kier alpha value is -4.17. The van der Waals surface area contributed by atoms with Crippen molar-refractivity contribution in [3.63, 3.8) is 0 Å². The number of imidazole rings is 1. The molecule has 25 nitrogen and oxygen atoms in total. The topological polar surface area (TPSA) is 375 Å². The fourth-order valence-electron chi connectivity index (χ4n) is 6.49. The van der Waals surface area contributed by atoms with Crippen LogP contribution < -0.4 is 22.3 Å². The number of H-pyrrole nitrogens is 1. The lowest BCUT2D eigenvalue weighted by molar-refractivity contribution is -0.0794. The summed E-state index contributed by atoms with van der Waals surface area (Å²) in [6.45, 7) is 2.04. The predicted octanol–water partition coefficient (Wildman–Crippen LogP) is -1.08. The number of nitrogens with two attached hydrogens (primary N) is 1. The average molecular weight is 885 g/mol. The molecule has 60 heavy (non-hydrogen) atoms. The number of nitrogens with zero attached hydrogens (tertiary/aromatic N) is 7. The number of nitrogens with one attached hydrogen (secondary N) is 2. The van der Waals surface area contributed by atoms with E-state index in [0.29, 0.717) is 29.9 Å². The first-order chi connectivity index (χ1) is 28.4. The van der Waals surface area contributed by atoms with E-state index in [1.165, 1.54) is 21.8 Å². The summed E-state index contributed by atoms with van der Waals surface area (Å²) in [5.74, 6) is 0.182. The van der Waals surface area contributed by atoms with E-state index >= 15 is 0 Å². The Balaban J connectivity index is 1.04. The number of ether oxygens (including phenoxy) is 1. The van der Waals surface area contributed by atoms with Gasteiger partial charge in [-0.05, 0) is 56.5 Å². The number of aliphatic hydroxyl groups is 5. The maximum atomic E-state index is 12.7. The molecular formula is C33H46N10O15P2. The van der Waals surface area contributed by atoms with E-state index in [1.54, 1.807) is 26.0 Å². The molecule has 11 N–H and O–H groups in total. The molecule has 3 aliphatic rings. The number of aryl methyl sites for hydroxylation is 2. The number of fused-ring (bicyclic) bond motifs is 3. The molecular weight excluding hydrogens is 838 g/mol. The number of unbranched alkanes of at least 4 members (excludes halogenated alkanes) is 3. The fourth-order valence-corrected chi connectivity index (χ4v) is 8.59. The monoisotopic (exact) mass is 884 g/mol. The third-order valence-corrected chi connectivity index (χ3v) is 12.4. The van der Waals surface area contributed by atoms with Gasteiger partial charge in [0.25, 0.3) is 5.56 Å². The second-order valence-electron chi connectivity index (χ2n) is 14.1. The molecule has 6 rings (SSSR count). The van der Waals surface area contributed by atoms with Crippen molar-refractivity contribution in [2.24, 2.45) is 5.73 Å². The number of aromatic amines is 1. The Kier molecular flexibility index (Phi) is 14.2. The minimum atomic E-state index is -5.56. The van der Waals surface area contributed by atoms with Crippen molar-refractivity contribution >= 4 is 43.7 Å². The second kappa shape index (κ2) is 18.8. The fraction of sp³-hybridized carbons (Fsp3) is 0.545. The van der Waals surface area contributed by atoms with Gasteiger partial charge in [0.2, 0.25) is 0 Å². The van der Waals surface area contributed by atoms with E-state index < -0.39 is 89.5 Å². The van der Waals surface area contributed by atoms with Crippen molar-refractivity contribution < 1.29 is 62.5 Å². The standard InChI is InChI=1S/C33H46N10O15P2/c1-16-9-18-19(10-17(16)2)42(30-24(39-18)31(49)41-33(50)40-30)11-20(44)25(46)21(45)12-55-59(51,52)58-60(53,54)56-13-22-26(47)27(48)32(57-22)43-15-38-23-28(36-14-37-29(23)43)35-8-6-4-3-5-7-34/h9-10,14-15,20-22,25-27,32,44-48H,3-8,11-13,34H2,1-2H3,(H,51,52)(H,53,54)(H,35,36,37)(H,41,49,50). The molecule has 27 heteroatoms.